The average Bonchev–Trinajstić information content (AvgIpc) is 2.39. The van der Waals surface area contributed by atoms with Crippen LogP contribution in [-0.2, 0) is 16.6 Å². The molecule has 0 aliphatic heterocycles. The number of hydrogen-bond acceptors (Lipinski definition) is 3. The van der Waals surface area contributed by atoms with Crippen molar-refractivity contribution in [3.63, 3.8) is 0 Å². The van der Waals surface area contributed by atoms with Crippen molar-refractivity contribution in [2.75, 3.05) is 0 Å². The molecule has 3 rings (SSSR count). The number of phenols is 1. The van der Waals surface area contributed by atoms with Crippen LogP contribution in [0.2, 0.25) is 0 Å². The van der Waals surface area contributed by atoms with Gasteiger partial charge in [-0.1, -0.05) is 26.3 Å². The Balaban J connectivity index is 2.13. The van der Waals surface area contributed by atoms with Gasteiger partial charge in [-0.2, -0.15) is 0 Å². The van der Waals surface area contributed by atoms with E-state index in [4.69, 9.17) is 0 Å². The van der Waals surface area contributed by atoms with Gasteiger partial charge >= 0.3 is 0 Å². The van der Waals surface area contributed by atoms with Gasteiger partial charge in [0.1, 0.15) is 5.75 Å². The Hall–Kier alpha value is -1.51. The molecule has 1 saturated carbocycles. The van der Waals surface area contributed by atoms with Crippen molar-refractivity contribution in [3.8, 4) is 5.75 Å². The Kier molecular flexibility index (Phi) is 2.86. The fraction of sp³-hybridized carbons (Fsp3) is 0.588. The average molecular weight is 273 g/mol. The van der Waals surface area contributed by atoms with Crippen LogP contribution in [0.1, 0.15) is 50.7 Å². The molecule has 2 aliphatic carbocycles. The van der Waals surface area contributed by atoms with Crippen molar-refractivity contribution in [2.24, 2.45) is 11.3 Å². The van der Waals surface area contributed by atoms with Crippen molar-refractivity contribution in [1.29, 1.82) is 0 Å². The normalized spacial score (nSPS) is 36.0. The SMILES string of the molecule is C[C@@]1(C(=O)[O-])CCC[C@]2(C)c3cc(O)ccc3CC[C@@H]12. The van der Waals surface area contributed by atoms with Crippen molar-refractivity contribution in [3.05, 3.63) is 29.3 Å². The van der Waals surface area contributed by atoms with Crippen LogP contribution in [0.15, 0.2) is 18.2 Å². The molecule has 0 saturated heterocycles. The third kappa shape index (κ3) is 1.68. The summed E-state index contributed by atoms with van der Waals surface area (Å²) < 4.78 is 0. The maximum Gasteiger partial charge on any atom is 0.115 e. The molecule has 1 aromatic carbocycles. The van der Waals surface area contributed by atoms with Gasteiger partial charge in [0.05, 0.1) is 0 Å². The second kappa shape index (κ2) is 4.24. The summed E-state index contributed by atoms with van der Waals surface area (Å²) in [6.07, 6.45) is 4.35. The molecule has 1 N–H and O–H groups in total. The summed E-state index contributed by atoms with van der Waals surface area (Å²) in [6, 6.07) is 5.54. The fourth-order valence-electron chi connectivity index (χ4n) is 4.69. The Morgan fingerprint density at radius 3 is 2.80 bits per heavy atom. The zero-order valence-corrected chi connectivity index (χ0v) is 12.1. The van der Waals surface area contributed by atoms with E-state index >= 15 is 0 Å². The van der Waals surface area contributed by atoms with E-state index in [9.17, 15) is 15.0 Å². The quantitative estimate of drug-likeness (QED) is 0.853. The molecule has 2 aliphatic rings. The number of carboxylic acids is 1. The van der Waals surface area contributed by atoms with Crippen LogP contribution >= 0.6 is 0 Å². The van der Waals surface area contributed by atoms with E-state index in [1.54, 1.807) is 6.07 Å². The Morgan fingerprint density at radius 1 is 1.35 bits per heavy atom. The first kappa shape index (κ1) is 13.5. The van der Waals surface area contributed by atoms with Crippen molar-refractivity contribution in [1.82, 2.24) is 0 Å². The molecular weight excluding hydrogens is 252 g/mol. The van der Waals surface area contributed by atoms with Gasteiger partial charge in [0, 0.05) is 11.4 Å². The zero-order chi connectivity index (χ0) is 14.5. The lowest BCUT2D eigenvalue weighted by atomic mass is 9.50. The highest BCUT2D eigenvalue weighted by Crippen LogP contribution is 2.57. The maximum atomic E-state index is 11.7. The van der Waals surface area contributed by atoms with Crippen molar-refractivity contribution < 1.29 is 15.0 Å². The minimum absolute atomic E-state index is 0.0862. The van der Waals surface area contributed by atoms with Gasteiger partial charge in [-0.15, -0.1) is 0 Å². The van der Waals surface area contributed by atoms with Gasteiger partial charge in [-0.3, -0.25) is 0 Å². The highest BCUT2D eigenvalue weighted by Gasteiger charge is 2.52. The van der Waals surface area contributed by atoms with Crippen molar-refractivity contribution >= 4 is 5.97 Å². The summed E-state index contributed by atoms with van der Waals surface area (Å²) in [5, 5.41) is 21.5. The highest BCUT2D eigenvalue weighted by atomic mass is 16.4. The second-order valence-corrected chi connectivity index (χ2v) is 6.91. The number of carbonyl (C=O) groups excluding carboxylic acids is 1. The maximum absolute atomic E-state index is 11.7. The van der Waals surface area contributed by atoms with Crippen LogP contribution in [0, 0.1) is 11.3 Å². The number of phenolic OH excluding ortho intramolecular Hbond substituents is 1. The Labute approximate surface area is 119 Å². The van der Waals surface area contributed by atoms with Crippen LogP contribution in [-0.4, -0.2) is 11.1 Å². The predicted octanol–water partition coefficient (Wildman–Crippen LogP) is 2.15. The predicted molar refractivity (Wildman–Crippen MR) is 74.2 cm³/mol. The summed E-state index contributed by atoms with van der Waals surface area (Å²) >= 11 is 0. The van der Waals surface area contributed by atoms with Gasteiger partial charge in [0.2, 0.25) is 0 Å². The molecule has 0 amide bonds. The van der Waals surface area contributed by atoms with Gasteiger partial charge < -0.3 is 15.0 Å². The van der Waals surface area contributed by atoms with Crippen LogP contribution in [0.5, 0.6) is 5.75 Å². The lowest BCUT2D eigenvalue weighted by Gasteiger charge is -2.55. The number of hydrogen-bond donors (Lipinski definition) is 1. The van der Waals surface area contributed by atoms with Crippen LogP contribution in [0.4, 0.5) is 0 Å². The van der Waals surface area contributed by atoms with Gasteiger partial charge in [0.15, 0.2) is 0 Å². The topological polar surface area (TPSA) is 60.4 Å². The third-order valence-electron chi connectivity index (χ3n) is 5.81. The number of aliphatic carboxylic acids is 1. The summed E-state index contributed by atoms with van der Waals surface area (Å²) in [4.78, 5) is 11.7. The first-order valence-electron chi connectivity index (χ1n) is 7.42. The number of carbonyl (C=O) groups is 1. The highest BCUT2D eigenvalue weighted by molar-refractivity contribution is 5.73. The van der Waals surface area contributed by atoms with Crippen LogP contribution < -0.4 is 5.11 Å². The summed E-state index contributed by atoms with van der Waals surface area (Å²) in [6.45, 7) is 4.01. The van der Waals surface area contributed by atoms with Gasteiger partial charge in [-0.25, -0.2) is 0 Å². The monoisotopic (exact) mass is 273 g/mol. The summed E-state index contributed by atoms with van der Waals surface area (Å²) in [5.74, 6) is -0.563. The summed E-state index contributed by atoms with van der Waals surface area (Å²) in [7, 11) is 0. The molecule has 1 aromatic rings. The molecule has 0 bridgehead atoms. The Bertz CT molecular complexity index is 565. The zero-order valence-electron chi connectivity index (χ0n) is 12.1. The van der Waals surface area contributed by atoms with Crippen LogP contribution in [0.3, 0.4) is 0 Å². The molecule has 108 valence electrons. The molecule has 0 heterocycles. The van der Waals surface area contributed by atoms with E-state index < -0.39 is 11.4 Å². The molecule has 3 atom stereocenters. The lowest BCUT2D eigenvalue weighted by molar-refractivity contribution is -0.324. The van der Waals surface area contributed by atoms with Gasteiger partial charge in [0.25, 0.3) is 0 Å². The lowest BCUT2D eigenvalue weighted by Crippen LogP contribution is -2.56. The minimum atomic E-state index is -0.919. The largest absolute Gasteiger partial charge is 0.550 e. The van der Waals surface area contributed by atoms with E-state index in [0.717, 1.165) is 31.2 Å². The molecule has 0 spiro atoms. The molecular formula is C17H21O3-. The number of fused-ring (bicyclic) bond motifs is 3. The van der Waals surface area contributed by atoms with E-state index in [1.807, 2.05) is 19.1 Å². The summed E-state index contributed by atoms with van der Waals surface area (Å²) in [5.41, 5.74) is 1.47. The fourth-order valence-corrected chi connectivity index (χ4v) is 4.69. The molecule has 0 radical (unpaired) electrons. The molecule has 0 unspecified atom stereocenters. The van der Waals surface area contributed by atoms with E-state index in [-0.39, 0.29) is 17.1 Å². The number of carboxylic acid groups (broad SMARTS) is 1. The minimum Gasteiger partial charge on any atom is -0.550 e. The van der Waals surface area contributed by atoms with E-state index in [1.165, 1.54) is 5.56 Å². The molecule has 3 nitrogen and oxygen atoms in total. The van der Waals surface area contributed by atoms with Crippen LogP contribution in [0.25, 0.3) is 0 Å². The third-order valence-corrected chi connectivity index (χ3v) is 5.81. The first-order chi connectivity index (χ1) is 9.38. The molecule has 1 fully saturated rings. The number of aromatic hydroxyl groups is 1. The Morgan fingerprint density at radius 2 is 2.10 bits per heavy atom. The standard InChI is InChI=1S/C17H22O3/c1-16-8-3-9-17(2,15(19)20)14(16)7-5-11-4-6-12(18)10-13(11)16/h4,6,10,14,18H,3,5,7-9H2,1-2H3,(H,19,20)/p-1/t14-,16-,17-/m1/s1. The van der Waals surface area contributed by atoms with E-state index in [2.05, 4.69) is 6.92 Å². The second-order valence-electron chi connectivity index (χ2n) is 6.91. The smallest absolute Gasteiger partial charge is 0.115 e. The number of benzene rings is 1. The molecule has 20 heavy (non-hydrogen) atoms. The van der Waals surface area contributed by atoms with Gasteiger partial charge in [-0.05, 0) is 60.3 Å². The van der Waals surface area contributed by atoms with E-state index in [0.29, 0.717) is 6.42 Å². The number of rotatable bonds is 1. The molecule has 3 heteroatoms. The number of aryl methyl sites for hydroxylation is 1. The molecule has 0 aromatic heterocycles. The first-order valence-corrected chi connectivity index (χ1v) is 7.42. The van der Waals surface area contributed by atoms with Crippen molar-refractivity contribution in [2.45, 2.75) is 51.4 Å².